The van der Waals surface area contributed by atoms with E-state index >= 15 is 0 Å². The minimum atomic E-state index is -1.22. The summed E-state index contributed by atoms with van der Waals surface area (Å²) in [6.45, 7) is 3.14. The molecule has 1 aromatic heterocycles. The number of primary amides is 1. The van der Waals surface area contributed by atoms with Crippen LogP contribution in [-0.4, -0.2) is 63.4 Å². The van der Waals surface area contributed by atoms with E-state index in [0.29, 0.717) is 0 Å². The highest BCUT2D eigenvalue weighted by Crippen LogP contribution is 2.37. The highest BCUT2D eigenvalue weighted by Gasteiger charge is 2.51. The summed E-state index contributed by atoms with van der Waals surface area (Å²) in [6, 6.07) is 0. The van der Waals surface area contributed by atoms with Crippen molar-refractivity contribution in [1.29, 1.82) is 0 Å². The number of carbonyl (C=O) groups excluding carboxylic acids is 4. The summed E-state index contributed by atoms with van der Waals surface area (Å²) in [7, 11) is 0. The van der Waals surface area contributed by atoms with Gasteiger partial charge in [0.25, 0.3) is 5.91 Å². The summed E-state index contributed by atoms with van der Waals surface area (Å²) in [5, 5.41) is 10.2. The van der Waals surface area contributed by atoms with Crippen molar-refractivity contribution >= 4 is 23.8 Å². The number of esters is 3. The molecule has 1 amide bonds. The lowest BCUT2D eigenvalue weighted by Gasteiger charge is -2.23. The van der Waals surface area contributed by atoms with E-state index in [0.717, 1.165) is 24.7 Å². The predicted octanol–water partition coefficient (Wildman–Crippen LogP) is -0.988. The Labute approximate surface area is 153 Å². The number of ether oxygens (including phenoxy) is 4. The van der Waals surface area contributed by atoms with Gasteiger partial charge in [0.2, 0.25) is 5.88 Å². The van der Waals surface area contributed by atoms with Crippen LogP contribution in [0.5, 0.6) is 5.88 Å². The van der Waals surface area contributed by atoms with Gasteiger partial charge in [-0.1, -0.05) is 0 Å². The molecule has 1 aromatic rings. The van der Waals surface area contributed by atoms with E-state index in [2.05, 4.69) is 4.98 Å². The number of amides is 1. The maximum absolute atomic E-state index is 11.5. The first kappa shape index (κ1) is 20.2. The molecule has 0 radical (unpaired) electrons. The van der Waals surface area contributed by atoms with Crippen molar-refractivity contribution in [2.75, 3.05) is 6.61 Å². The lowest BCUT2D eigenvalue weighted by molar-refractivity contribution is -0.166. The summed E-state index contributed by atoms with van der Waals surface area (Å²) in [6.07, 6.45) is -3.54. The smallest absolute Gasteiger partial charge is 0.303 e. The monoisotopic (exact) mass is 385 g/mol. The quantitative estimate of drug-likeness (QED) is 0.458. The Morgan fingerprint density at radius 3 is 2.22 bits per heavy atom. The van der Waals surface area contributed by atoms with E-state index in [1.165, 1.54) is 6.92 Å². The van der Waals surface area contributed by atoms with Gasteiger partial charge in [-0.15, -0.1) is 0 Å². The molecule has 2 heterocycles. The van der Waals surface area contributed by atoms with Crippen LogP contribution in [0.3, 0.4) is 0 Å². The van der Waals surface area contributed by atoms with Crippen molar-refractivity contribution < 1.29 is 43.2 Å². The van der Waals surface area contributed by atoms with Crippen LogP contribution in [0.2, 0.25) is 0 Å². The predicted molar refractivity (Wildman–Crippen MR) is 84.1 cm³/mol. The van der Waals surface area contributed by atoms with Gasteiger partial charge in [-0.25, -0.2) is 4.98 Å². The Balaban J connectivity index is 2.41. The van der Waals surface area contributed by atoms with Gasteiger partial charge in [-0.3, -0.25) is 23.7 Å². The minimum Gasteiger partial charge on any atom is -0.493 e. The summed E-state index contributed by atoms with van der Waals surface area (Å²) in [5.74, 6) is -3.62. The number of aromatic hydroxyl groups is 1. The molecule has 0 aliphatic carbocycles. The van der Waals surface area contributed by atoms with Gasteiger partial charge in [0, 0.05) is 20.8 Å². The molecule has 3 N–H and O–H groups in total. The second-order valence-corrected chi connectivity index (χ2v) is 5.70. The maximum atomic E-state index is 11.5. The molecule has 0 bridgehead atoms. The van der Waals surface area contributed by atoms with E-state index in [-0.39, 0.29) is 6.61 Å². The first-order valence-electron chi connectivity index (χ1n) is 7.80. The summed E-state index contributed by atoms with van der Waals surface area (Å²) in [4.78, 5) is 49.0. The van der Waals surface area contributed by atoms with E-state index in [1.807, 2.05) is 0 Å². The fourth-order valence-electron chi connectivity index (χ4n) is 2.63. The van der Waals surface area contributed by atoms with Crippen LogP contribution >= 0.6 is 0 Å². The summed E-state index contributed by atoms with van der Waals surface area (Å²) >= 11 is 0. The molecule has 2 rings (SSSR count). The zero-order valence-electron chi connectivity index (χ0n) is 14.8. The molecule has 27 heavy (non-hydrogen) atoms. The van der Waals surface area contributed by atoms with Crippen molar-refractivity contribution in [3.63, 3.8) is 0 Å². The largest absolute Gasteiger partial charge is 0.493 e. The highest BCUT2D eigenvalue weighted by atomic mass is 16.7. The van der Waals surface area contributed by atoms with Gasteiger partial charge in [0.15, 0.2) is 24.1 Å². The molecular formula is C15H19N3O9. The maximum Gasteiger partial charge on any atom is 0.303 e. The number of aromatic nitrogens is 2. The van der Waals surface area contributed by atoms with E-state index < -0.39 is 59.9 Å². The average molecular weight is 385 g/mol. The molecule has 1 aliphatic rings. The van der Waals surface area contributed by atoms with E-state index in [9.17, 15) is 24.3 Å². The molecule has 12 heteroatoms. The van der Waals surface area contributed by atoms with E-state index in [4.69, 9.17) is 24.7 Å². The Bertz CT molecular complexity index is 760. The fourth-order valence-corrected chi connectivity index (χ4v) is 2.63. The number of rotatable bonds is 6. The highest BCUT2D eigenvalue weighted by molar-refractivity contribution is 5.93. The van der Waals surface area contributed by atoms with Crippen molar-refractivity contribution in [3.8, 4) is 5.88 Å². The Kier molecular flexibility index (Phi) is 6.00. The normalized spacial score (nSPS) is 24.3. The number of carbonyl (C=O) groups is 4. The third kappa shape index (κ3) is 4.53. The Morgan fingerprint density at radius 1 is 1.15 bits per heavy atom. The van der Waals surface area contributed by atoms with Crippen LogP contribution in [-0.2, 0) is 33.3 Å². The zero-order valence-corrected chi connectivity index (χ0v) is 14.8. The Hall–Kier alpha value is -3.15. The van der Waals surface area contributed by atoms with E-state index in [1.54, 1.807) is 0 Å². The average Bonchev–Trinajstić information content (AvgIpc) is 3.06. The van der Waals surface area contributed by atoms with Crippen LogP contribution in [0, 0.1) is 0 Å². The van der Waals surface area contributed by atoms with Crippen LogP contribution < -0.4 is 5.73 Å². The standard InChI is InChI=1S/C15H19N3O9/c1-6(19)24-4-9-11(25-7(2)20)12(26-8(3)21)15(27-9)18-5-17-10(13(16)22)14(18)23/h5,9,11-12,15,23H,4H2,1-3H3,(H2,16,22)/t9-,11-,12-,15-/m1/s1. The van der Waals surface area contributed by atoms with Crippen molar-refractivity contribution in [1.82, 2.24) is 9.55 Å². The lowest BCUT2D eigenvalue weighted by atomic mass is 10.1. The third-order valence-electron chi connectivity index (χ3n) is 3.62. The first-order valence-corrected chi connectivity index (χ1v) is 7.80. The topological polar surface area (TPSA) is 169 Å². The van der Waals surface area contributed by atoms with Gasteiger partial charge >= 0.3 is 17.9 Å². The lowest BCUT2D eigenvalue weighted by Crippen LogP contribution is -2.40. The number of imidazole rings is 1. The number of hydrogen-bond donors (Lipinski definition) is 2. The van der Waals surface area contributed by atoms with Gasteiger partial charge in [0.05, 0.1) is 0 Å². The van der Waals surface area contributed by atoms with Gasteiger partial charge in [0.1, 0.15) is 19.0 Å². The van der Waals surface area contributed by atoms with Crippen LogP contribution in [0.1, 0.15) is 37.5 Å². The molecular weight excluding hydrogens is 366 g/mol. The molecule has 0 spiro atoms. The first-order chi connectivity index (χ1) is 12.6. The number of nitrogens with two attached hydrogens (primary N) is 1. The Morgan fingerprint density at radius 2 is 1.74 bits per heavy atom. The zero-order chi connectivity index (χ0) is 20.3. The van der Waals surface area contributed by atoms with Crippen molar-refractivity contribution in [2.45, 2.75) is 45.3 Å². The molecule has 1 saturated heterocycles. The molecule has 1 fully saturated rings. The SMILES string of the molecule is CC(=O)OC[C@H]1O[C@@H](n2cnc(C(N)=O)c2O)[C@H](OC(C)=O)[C@@H]1OC(C)=O. The molecule has 1 aliphatic heterocycles. The van der Waals surface area contributed by atoms with Gasteiger partial charge < -0.3 is 29.8 Å². The second kappa shape index (κ2) is 8.03. The van der Waals surface area contributed by atoms with Gasteiger partial charge in [-0.05, 0) is 0 Å². The van der Waals surface area contributed by atoms with Crippen LogP contribution in [0.15, 0.2) is 6.33 Å². The molecule has 4 atom stereocenters. The summed E-state index contributed by atoms with van der Waals surface area (Å²) in [5.41, 5.74) is 4.69. The third-order valence-corrected chi connectivity index (χ3v) is 3.62. The number of hydrogen-bond acceptors (Lipinski definition) is 10. The molecule has 12 nitrogen and oxygen atoms in total. The summed E-state index contributed by atoms with van der Waals surface area (Å²) < 4.78 is 21.9. The molecule has 0 aromatic carbocycles. The van der Waals surface area contributed by atoms with Crippen LogP contribution in [0.4, 0.5) is 0 Å². The van der Waals surface area contributed by atoms with Gasteiger partial charge in [-0.2, -0.15) is 0 Å². The second-order valence-electron chi connectivity index (χ2n) is 5.70. The van der Waals surface area contributed by atoms with Crippen molar-refractivity contribution in [3.05, 3.63) is 12.0 Å². The minimum absolute atomic E-state index is 0.306. The van der Waals surface area contributed by atoms with Crippen molar-refractivity contribution in [2.24, 2.45) is 5.73 Å². The fraction of sp³-hybridized carbons (Fsp3) is 0.533. The number of nitrogens with zero attached hydrogens (tertiary/aromatic N) is 2. The molecule has 0 unspecified atom stereocenters. The molecule has 148 valence electrons. The molecule has 0 saturated carbocycles. The van der Waals surface area contributed by atoms with Crippen LogP contribution in [0.25, 0.3) is 0 Å².